The van der Waals surface area contributed by atoms with Gasteiger partial charge in [0.05, 0.1) is 0 Å². The Hall–Kier alpha value is -2.83. The van der Waals surface area contributed by atoms with Gasteiger partial charge in [-0.05, 0) is 31.4 Å². The number of nitrogens with zero attached hydrogens (tertiary/aromatic N) is 5. The van der Waals surface area contributed by atoms with E-state index in [1.165, 1.54) is 14.7 Å². The standard InChI is InChI=1S/C21H27N5O2/c1-5-6-11-24-19(27)17-18(23(4)21(24)28)22-20-25(12-15(3)13-26(17)20)16-9-7-14(2)8-10-16/h7-10,15H,5-6,11-13H2,1-4H3/t15-/m1/s1. The van der Waals surface area contributed by atoms with E-state index in [4.69, 9.17) is 4.98 Å². The van der Waals surface area contributed by atoms with Crippen molar-refractivity contribution in [2.75, 3.05) is 11.4 Å². The lowest BCUT2D eigenvalue weighted by molar-refractivity contribution is 0.457. The topological polar surface area (TPSA) is 65.1 Å². The Morgan fingerprint density at radius 3 is 2.54 bits per heavy atom. The smallest absolute Gasteiger partial charge is 0.312 e. The van der Waals surface area contributed by atoms with Crippen molar-refractivity contribution in [2.24, 2.45) is 13.0 Å². The summed E-state index contributed by atoms with van der Waals surface area (Å²) in [6.45, 7) is 8.27. The third kappa shape index (κ3) is 2.85. The first-order chi connectivity index (χ1) is 13.4. The average Bonchev–Trinajstić information content (AvgIpc) is 3.06. The SMILES string of the molecule is CCCCn1c(=O)c2c(nc3n2C[C@H](C)CN3c2ccc(C)cc2)n(C)c1=O. The van der Waals surface area contributed by atoms with Gasteiger partial charge in [0.15, 0.2) is 11.2 Å². The highest BCUT2D eigenvalue weighted by atomic mass is 16.2. The van der Waals surface area contributed by atoms with Crippen LogP contribution in [0.15, 0.2) is 33.9 Å². The number of aryl methyl sites for hydroxylation is 2. The van der Waals surface area contributed by atoms with Crippen molar-refractivity contribution >= 4 is 22.8 Å². The highest BCUT2D eigenvalue weighted by Gasteiger charge is 2.29. The lowest BCUT2D eigenvalue weighted by Crippen LogP contribution is -2.40. The minimum absolute atomic E-state index is 0.233. The molecule has 0 saturated heterocycles. The summed E-state index contributed by atoms with van der Waals surface area (Å²) < 4.78 is 4.86. The first-order valence-corrected chi connectivity index (χ1v) is 9.96. The summed E-state index contributed by atoms with van der Waals surface area (Å²) in [4.78, 5) is 32.8. The van der Waals surface area contributed by atoms with E-state index < -0.39 is 0 Å². The van der Waals surface area contributed by atoms with Crippen molar-refractivity contribution in [3.8, 4) is 0 Å². The first-order valence-electron chi connectivity index (χ1n) is 9.96. The molecule has 0 amide bonds. The molecule has 0 unspecified atom stereocenters. The Morgan fingerprint density at radius 1 is 1.14 bits per heavy atom. The molecule has 4 rings (SSSR count). The van der Waals surface area contributed by atoms with Gasteiger partial charge in [-0.15, -0.1) is 0 Å². The largest absolute Gasteiger partial charge is 0.332 e. The van der Waals surface area contributed by atoms with Gasteiger partial charge < -0.3 is 9.47 Å². The van der Waals surface area contributed by atoms with Crippen LogP contribution in [-0.2, 0) is 20.1 Å². The van der Waals surface area contributed by atoms with Crippen molar-refractivity contribution in [3.63, 3.8) is 0 Å². The van der Waals surface area contributed by atoms with Gasteiger partial charge in [0.2, 0.25) is 5.95 Å². The lowest BCUT2D eigenvalue weighted by atomic mass is 10.1. The summed E-state index contributed by atoms with van der Waals surface area (Å²) >= 11 is 0. The molecule has 1 atom stereocenters. The van der Waals surface area contributed by atoms with Crippen LogP contribution in [0.2, 0.25) is 0 Å². The molecule has 2 aromatic heterocycles. The highest BCUT2D eigenvalue weighted by molar-refractivity contribution is 5.77. The van der Waals surface area contributed by atoms with Crippen LogP contribution in [0, 0.1) is 12.8 Å². The van der Waals surface area contributed by atoms with E-state index in [1.807, 2.05) is 4.57 Å². The van der Waals surface area contributed by atoms with E-state index in [0.717, 1.165) is 37.6 Å². The molecule has 1 aliphatic rings. The van der Waals surface area contributed by atoms with Crippen LogP contribution < -0.4 is 16.1 Å². The van der Waals surface area contributed by atoms with Crippen LogP contribution in [0.3, 0.4) is 0 Å². The van der Waals surface area contributed by atoms with E-state index in [-0.39, 0.29) is 11.2 Å². The van der Waals surface area contributed by atoms with Gasteiger partial charge in [-0.2, -0.15) is 4.98 Å². The maximum absolute atomic E-state index is 13.2. The summed E-state index contributed by atoms with van der Waals surface area (Å²) in [5.74, 6) is 1.09. The number of fused-ring (bicyclic) bond motifs is 3. The number of hydrogen-bond donors (Lipinski definition) is 0. The Morgan fingerprint density at radius 2 is 1.86 bits per heavy atom. The third-order valence-electron chi connectivity index (χ3n) is 5.52. The van der Waals surface area contributed by atoms with Crippen LogP contribution in [0.5, 0.6) is 0 Å². The quantitative estimate of drug-likeness (QED) is 0.697. The Labute approximate surface area is 163 Å². The number of rotatable bonds is 4. The fourth-order valence-electron chi connectivity index (χ4n) is 3.96. The molecule has 0 spiro atoms. The van der Waals surface area contributed by atoms with Crippen molar-refractivity contribution in [1.29, 1.82) is 0 Å². The molecule has 1 aliphatic heterocycles. The zero-order chi connectivity index (χ0) is 20.0. The van der Waals surface area contributed by atoms with Crippen LogP contribution in [0.25, 0.3) is 11.2 Å². The second-order valence-electron chi connectivity index (χ2n) is 7.90. The third-order valence-corrected chi connectivity index (χ3v) is 5.52. The molecular formula is C21H27N5O2. The Balaban J connectivity index is 1.96. The number of benzene rings is 1. The van der Waals surface area contributed by atoms with E-state index >= 15 is 0 Å². The number of unbranched alkanes of at least 4 members (excludes halogenated alkanes) is 1. The van der Waals surface area contributed by atoms with E-state index in [1.54, 1.807) is 7.05 Å². The maximum atomic E-state index is 13.2. The molecule has 1 aromatic carbocycles. The maximum Gasteiger partial charge on any atom is 0.332 e. The minimum Gasteiger partial charge on any atom is -0.312 e. The zero-order valence-corrected chi connectivity index (χ0v) is 17.0. The van der Waals surface area contributed by atoms with Gasteiger partial charge in [0.1, 0.15) is 0 Å². The van der Waals surface area contributed by atoms with Crippen molar-refractivity contribution in [2.45, 2.75) is 46.7 Å². The number of anilines is 2. The molecular weight excluding hydrogens is 354 g/mol. The van der Waals surface area contributed by atoms with E-state index in [9.17, 15) is 9.59 Å². The predicted molar refractivity (Wildman–Crippen MR) is 111 cm³/mol. The second-order valence-corrected chi connectivity index (χ2v) is 7.90. The number of imidazole rings is 1. The van der Waals surface area contributed by atoms with Gasteiger partial charge in [-0.25, -0.2) is 4.79 Å². The van der Waals surface area contributed by atoms with Crippen molar-refractivity contribution in [1.82, 2.24) is 18.7 Å². The average molecular weight is 381 g/mol. The number of hydrogen-bond acceptors (Lipinski definition) is 4. The molecule has 148 valence electrons. The van der Waals surface area contributed by atoms with Crippen LogP contribution >= 0.6 is 0 Å². The normalized spacial score (nSPS) is 16.6. The minimum atomic E-state index is -0.295. The number of aromatic nitrogens is 4. The fraction of sp³-hybridized carbons (Fsp3) is 0.476. The zero-order valence-electron chi connectivity index (χ0n) is 17.0. The van der Waals surface area contributed by atoms with Crippen molar-refractivity contribution in [3.05, 3.63) is 50.7 Å². The molecule has 0 bridgehead atoms. The van der Waals surface area contributed by atoms with E-state index in [0.29, 0.717) is 23.6 Å². The van der Waals surface area contributed by atoms with E-state index in [2.05, 4.69) is 49.9 Å². The second kappa shape index (κ2) is 6.96. The molecule has 7 nitrogen and oxygen atoms in total. The molecule has 0 fully saturated rings. The summed E-state index contributed by atoms with van der Waals surface area (Å²) in [5, 5.41) is 0. The first kappa shape index (κ1) is 18.5. The molecule has 3 aromatic rings. The van der Waals surface area contributed by atoms with Crippen molar-refractivity contribution < 1.29 is 0 Å². The molecule has 0 N–H and O–H groups in total. The van der Waals surface area contributed by atoms with Gasteiger partial charge in [-0.3, -0.25) is 13.9 Å². The lowest BCUT2D eigenvalue weighted by Gasteiger charge is -2.33. The Bertz CT molecular complexity index is 1140. The predicted octanol–water partition coefficient (Wildman–Crippen LogP) is 2.79. The highest BCUT2D eigenvalue weighted by Crippen LogP contribution is 2.32. The summed E-state index contributed by atoms with van der Waals surface area (Å²) in [5.41, 5.74) is 2.70. The monoisotopic (exact) mass is 381 g/mol. The van der Waals surface area contributed by atoms with Crippen LogP contribution in [-0.4, -0.2) is 25.2 Å². The van der Waals surface area contributed by atoms with Crippen LogP contribution in [0.4, 0.5) is 11.6 Å². The summed E-state index contributed by atoms with van der Waals surface area (Å²) in [7, 11) is 1.70. The van der Waals surface area contributed by atoms with Gasteiger partial charge in [-0.1, -0.05) is 38.0 Å². The van der Waals surface area contributed by atoms with Gasteiger partial charge in [0.25, 0.3) is 5.56 Å². The summed E-state index contributed by atoms with van der Waals surface area (Å²) in [6, 6.07) is 8.31. The fourth-order valence-corrected chi connectivity index (χ4v) is 3.96. The molecule has 3 heterocycles. The van der Waals surface area contributed by atoms with Crippen LogP contribution in [0.1, 0.15) is 32.3 Å². The molecule has 0 aliphatic carbocycles. The summed E-state index contributed by atoms with van der Waals surface area (Å²) in [6.07, 6.45) is 1.73. The van der Waals surface area contributed by atoms with Gasteiger partial charge >= 0.3 is 5.69 Å². The van der Waals surface area contributed by atoms with Gasteiger partial charge in [0, 0.05) is 32.4 Å². The molecule has 0 saturated carbocycles. The molecule has 7 heteroatoms. The Kier molecular flexibility index (Phi) is 4.61. The molecule has 0 radical (unpaired) electrons. The molecule has 28 heavy (non-hydrogen) atoms.